The van der Waals surface area contributed by atoms with Gasteiger partial charge in [0.1, 0.15) is 0 Å². The molecule has 22 heavy (non-hydrogen) atoms. The number of aliphatic hydroxyl groups excluding tert-OH is 1. The maximum Gasteiger partial charge on any atom is 0.306 e. The Morgan fingerprint density at radius 3 is 2.82 bits per heavy atom. The highest BCUT2D eigenvalue weighted by Gasteiger charge is 2.29. The lowest BCUT2D eigenvalue weighted by atomic mass is 9.97. The fourth-order valence-electron chi connectivity index (χ4n) is 3.47. The zero-order chi connectivity index (χ0) is 15.5. The third kappa shape index (κ3) is 3.13. The van der Waals surface area contributed by atoms with Gasteiger partial charge in [0.15, 0.2) is 0 Å². The predicted octanol–water partition coefficient (Wildman–Crippen LogP) is 2.81. The molecule has 1 fully saturated rings. The molecule has 2 aromatic carbocycles. The van der Waals surface area contributed by atoms with E-state index in [1.807, 2.05) is 12.1 Å². The molecular weight excluding hydrogens is 278 g/mol. The number of hydrogen-bond acceptors (Lipinski definition) is 3. The van der Waals surface area contributed by atoms with E-state index in [1.165, 1.54) is 16.3 Å². The van der Waals surface area contributed by atoms with Crippen LogP contribution in [0.3, 0.4) is 0 Å². The number of likely N-dealkylation sites (tertiary alicyclic amines) is 1. The molecule has 0 bridgehead atoms. The van der Waals surface area contributed by atoms with Crippen LogP contribution < -0.4 is 0 Å². The van der Waals surface area contributed by atoms with Gasteiger partial charge < -0.3 is 10.2 Å². The van der Waals surface area contributed by atoms with E-state index in [4.69, 9.17) is 5.11 Å². The Hall–Kier alpha value is -1.91. The van der Waals surface area contributed by atoms with Crippen LogP contribution in [-0.2, 0) is 4.79 Å². The number of carboxylic acid groups (broad SMARTS) is 1. The first-order chi connectivity index (χ1) is 10.6. The van der Waals surface area contributed by atoms with Crippen LogP contribution in [0.15, 0.2) is 42.5 Å². The second-order valence-corrected chi connectivity index (χ2v) is 5.97. The van der Waals surface area contributed by atoms with Crippen molar-refractivity contribution in [2.75, 3.05) is 13.1 Å². The molecule has 1 aliphatic heterocycles. The fraction of sp³-hybridized carbons (Fsp3) is 0.389. The molecule has 2 atom stereocenters. The summed E-state index contributed by atoms with van der Waals surface area (Å²) in [5.41, 5.74) is 1.28. The van der Waals surface area contributed by atoms with Crippen molar-refractivity contribution in [1.82, 2.24) is 4.90 Å². The summed E-state index contributed by atoms with van der Waals surface area (Å²) >= 11 is 0. The van der Waals surface area contributed by atoms with Crippen LogP contribution in [0.4, 0.5) is 0 Å². The van der Waals surface area contributed by atoms with Crippen molar-refractivity contribution in [3.63, 3.8) is 0 Å². The van der Waals surface area contributed by atoms with Crippen molar-refractivity contribution in [3.05, 3.63) is 48.0 Å². The molecule has 3 rings (SSSR count). The van der Waals surface area contributed by atoms with Gasteiger partial charge in [-0.1, -0.05) is 42.5 Å². The van der Waals surface area contributed by atoms with Gasteiger partial charge in [-0.05, 0) is 35.7 Å². The van der Waals surface area contributed by atoms with E-state index in [9.17, 15) is 9.90 Å². The summed E-state index contributed by atoms with van der Waals surface area (Å²) in [6.45, 7) is 1.32. The molecule has 0 amide bonds. The highest BCUT2D eigenvalue weighted by Crippen LogP contribution is 2.35. The molecule has 1 aliphatic rings. The predicted molar refractivity (Wildman–Crippen MR) is 85.8 cm³/mol. The highest BCUT2D eigenvalue weighted by molar-refractivity contribution is 5.86. The van der Waals surface area contributed by atoms with Crippen LogP contribution >= 0.6 is 0 Å². The number of nitrogens with zero attached hydrogens (tertiary/aromatic N) is 1. The van der Waals surface area contributed by atoms with Crippen LogP contribution in [0.1, 0.15) is 30.9 Å². The lowest BCUT2D eigenvalue weighted by Crippen LogP contribution is -2.33. The number of rotatable bonds is 5. The van der Waals surface area contributed by atoms with Gasteiger partial charge in [-0.3, -0.25) is 9.69 Å². The van der Waals surface area contributed by atoms with E-state index in [0.717, 1.165) is 19.4 Å². The number of hydrogen-bond donors (Lipinski definition) is 2. The van der Waals surface area contributed by atoms with Crippen molar-refractivity contribution in [1.29, 1.82) is 0 Å². The van der Waals surface area contributed by atoms with E-state index in [-0.39, 0.29) is 12.5 Å². The van der Waals surface area contributed by atoms with Crippen molar-refractivity contribution in [3.8, 4) is 0 Å². The van der Waals surface area contributed by atoms with Crippen LogP contribution in [0.5, 0.6) is 0 Å². The Labute approximate surface area is 130 Å². The number of benzene rings is 2. The number of aliphatic carboxylic acids is 1. The Morgan fingerprint density at radius 2 is 2.00 bits per heavy atom. The third-order valence-electron chi connectivity index (χ3n) is 4.40. The van der Waals surface area contributed by atoms with Gasteiger partial charge in [-0.2, -0.15) is 0 Å². The molecule has 1 heterocycles. The molecular formula is C18H21NO3. The number of carboxylic acids is 1. The van der Waals surface area contributed by atoms with E-state index in [0.29, 0.717) is 6.54 Å². The lowest BCUT2D eigenvalue weighted by Gasteiger charge is -2.27. The summed E-state index contributed by atoms with van der Waals surface area (Å²) < 4.78 is 0. The third-order valence-corrected chi connectivity index (χ3v) is 4.40. The van der Waals surface area contributed by atoms with Crippen LogP contribution in [0.25, 0.3) is 10.8 Å². The summed E-state index contributed by atoms with van der Waals surface area (Å²) in [4.78, 5) is 12.9. The molecule has 0 spiro atoms. The Bertz CT molecular complexity index is 665. The molecule has 2 unspecified atom stereocenters. The summed E-state index contributed by atoms with van der Waals surface area (Å²) in [6.07, 6.45) is 1.12. The zero-order valence-electron chi connectivity index (χ0n) is 12.5. The molecule has 0 saturated carbocycles. The number of carbonyl (C=O) groups is 1. The summed E-state index contributed by atoms with van der Waals surface area (Å²) in [5, 5.41) is 21.2. The average molecular weight is 299 g/mol. The minimum Gasteiger partial charge on any atom is -0.481 e. The Morgan fingerprint density at radius 1 is 1.23 bits per heavy atom. The SMILES string of the molecule is O=C(O)CC(O)CN1CCCC1c1cccc2ccccc12. The fourth-order valence-corrected chi connectivity index (χ4v) is 3.47. The van der Waals surface area contributed by atoms with E-state index in [1.54, 1.807) is 0 Å². The Balaban J connectivity index is 1.84. The van der Waals surface area contributed by atoms with Crippen LogP contribution in [-0.4, -0.2) is 40.3 Å². The average Bonchev–Trinajstić information content (AvgIpc) is 2.93. The zero-order valence-corrected chi connectivity index (χ0v) is 12.5. The van der Waals surface area contributed by atoms with Gasteiger partial charge in [0.2, 0.25) is 0 Å². The second-order valence-electron chi connectivity index (χ2n) is 5.97. The topological polar surface area (TPSA) is 60.8 Å². The smallest absolute Gasteiger partial charge is 0.306 e. The standard InChI is InChI=1S/C18H21NO3/c20-14(11-18(21)22)12-19-10-4-9-17(19)16-8-3-6-13-5-1-2-7-15(13)16/h1-3,5-8,14,17,20H,4,9-12H2,(H,21,22). The maximum absolute atomic E-state index is 10.7. The van der Waals surface area contributed by atoms with Gasteiger partial charge in [-0.15, -0.1) is 0 Å². The number of aliphatic hydroxyl groups is 1. The van der Waals surface area contributed by atoms with Crippen molar-refractivity contribution >= 4 is 16.7 Å². The molecule has 1 saturated heterocycles. The summed E-state index contributed by atoms with van der Waals surface area (Å²) in [6, 6.07) is 14.9. The maximum atomic E-state index is 10.7. The highest BCUT2D eigenvalue weighted by atomic mass is 16.4. The quantitative estimate of drug-likeness (QED) is 0.891. The number of β-amino-alcohol motifs (C(OH)–C–C–N with tert-alkyl or cyclic N) is 1. The summed E-state index contributed by atoms with van der Waals surface area (Å²) in [7, 11) is 0. The second kappa shape index (κ2) is 6.46. The normalized spacial score (nSPS) is 20.3. The van der Waals surface area contributed by atoms with Gasteiger partial charge >= 0.3 is 5.97 Å². The first kappa shape index (κ1) is 15.0. The molecule has 0 aromatic heterocycles. The largest absolute Gasteiger partial charge is 0.481 e. The molecule has 0 aliphatic carbocycles. The minimum absolute atomic E-state index is 0.196. The van der Waals surface area contributed by atoms with Gasteiger partial charge in [-0.25, -0.2) is 0 Å². The lowest BCUT2D eigenvalue weighted by molar-refractivity contribution is -0.139. The van der Waals surface area contributed by atoms with Gasteiger partial charge in [0.05, 0.1) is 12.5 Å². The van der Waals surface area contributed by atoms with Crippen LogP contribution in [0, 0.1) is 0 Å². The first-order valence-electron chi connectivity index (χ1n) is 7.76. The van der Waals surface area contributed by atoms with Gasteiger partial charge in [0, 0.05) is 12.6 Å². The molecule has 0 radical (unpaired) electrons. The molecule has 2 N–H and O–H groups in total. The monoisotopic (exact) mass is 299 g/mol. The molecule has 116 valence electrons. The van der Waals surface area contributed by atoms with Crippen LogP contribution in [0.2, 0.25) is 0 Å². The summed E-state index contributed by atoms with van der Waals surface area (Å²) in [5.74, 6) is -0.951. The molecule has 4 nitrogen and oxygen atoms in total. The van der Waals surface area contributed by atoms with Crippen molar-refractivity contribution in [2.24, 2.45) is 0 Å². The van der Waals surface area contributed by atoms with E-state index < -0.39 is 12.1 Å². The van der Waals surface area contributed by atoms with E-state index in [2.05, 4.69) is 35.2 Å². The van der Waals surface area contributed by atoms with Crippen molar-refractivity contribution < 1.29 is 15.0 Å². The Kier molecular flexibility index (Phi) is 4.41. The molecule has 2 aromatic rings. The molecule has 4 heteroatoms. The van der Waals surface area contributed by atoms with Gasteiger partial charge in [0.25, 0.3) is 0 Å². The minimum atomic E-state index is -0.951. The first-order valence-corrected chi connectivity index (χ1v) is 7.76. The van der Waals surface area contributed by atoms with E-state index >= 15 is 0 Å². The van der Waals surface area contributed by atoms with Crippen molar-refractivity contribution in [2.45, 2.75) is 31.4 Å². The number of fused-ring (bicyclic) bond motifs is 1.